The maximum absolute atomic E-state index is 4.25. The first kappa shape index (κ1) is 15.1. The minimum atomic E-state index is 0.767. The molecule has 2 aromatic rings. The zero-order chi connectivity index (χ0) is 14.0. The Kier molecular flexibility index (Phi) is 6.60. The van der Waals surface area contributed by atoms with Crippen molar-refractivity contribution in [1.29, 1.82) is 0 Å². The average Bonchev–Trinajstić information content (AvgIpc) is 2.96. The van der Waals surface area contributed by atoms with Gasteiger partial charge in [0, 0.05) is 12.1 Å². The quantitative estimate of drug-likeness (QED) is 0.697. The number of aromatic nitrogens is 3. The van der Waals surface area contributed by atoms with E-state index < -0.39 is 0 Å². The largest absolute Gasteiger partial charge is 0.311 e. The Morgan fingerprint density at radius 1 is 1.10 bits per heavy atom. The van der Waals surface area contributed by atoms with Crippen LogP contribution >= 0.6 is 11.8 Å². The van der Waals surface area contributed by atoms with E-state index in [1.807, 2.05) is 30.0 Å². The molecule has 0 spiro atoms. The standard InChI is InChI=1S/C15H22N4S/c1-20-11-7-3-6-10-16-12-14-15(18-19-17-14)13-8-4-2-5-9-13/h2,4-5,8-9,16H,3,6-7,10-12H2,1H3,(H,17,18,19). The van der Waals surface area contributed by atoms with E-state index in [1.54, 1.807) is 0 Å². The van der Waals surface area contributed by atoms with E-state index in [4.69, 9.17) is 0 Å². The molecule has 1 aromatic heterocycles. The summed E-state index contributed by atoms with van der Waals surface area (Å²) in [5, 5.41) is 14.7. The molecule has 0 aliphatic rings. The number of benzene rings is 1. The number of unbranched alkanes of at least 4 members (excludes halogenated alkanes) is 2. The van der Waals surface area contributed by atoms with Crippen molar-refractivity contribution >= 4 is 11.8 Å². The molecule has 0 unspecified atom stereocenters. The minimum Gasteiger partial charge on any atom is -0.311 e. The first-order chi connectivity index (χ1) is 9.92. The summed E-state index contributed by atoms with van der Waals surface area (Å²) in [5.74, 6) is 1.27. The van der Waals surface area contributed by atoms with Gasteiger partial charge < -0.3 is 5.32 Å². The number of H-pyrrole nitrogens is 1. The summed E-state index contributed by atoms with van der Waals surface area (Å²) in [6.45, 7) is 1.80. The van der Waals surface area contributed by atoms with Crippen LogP contribution in [-0.2, 0) is 6.54 Å². The van der Waals surface area contributed by atoms with Gasteiger partial charge in [-0.3, -0.25) is 0 Å². The predicted octanol–water partition coefficient (Wildman–Crippen LogP) is 3.09. The molecule has 0 aliphatic carbocycles. The van der Waals surface area contributed by atoms with Crippen molar-refractivity contribution in [2.45, 2.75) is 25.8 Å². The fourth-order valence-corrected chi connectivity index (χ4v) is 2.58. The van der Waals surface area contributed by atoms with Crippen LogP contribution in [-0.4, -0.2) is 34.0 Å². The van der Waals surface area contributed by atoms with E-state index >= 15 is 0 Å². The van der Waals surface area contributed by atoms with Crippen LogP contribution in [0.3, 0.4) is 0 Å². The molecular formula is C15H22N4S. The normalized spacial score (nSPS) is 10.8. The predicted molar refractivity (Wildman–Crippen MR) is 85.8 cm³/mol. The number of rotatable bonds is 9. The molecule has 0 atom stereocenters. The van der Waals surface area contributed by atoms with Crippen LogP contribution < -0.4 is 5.32 Å². The minimum absolute atomic E-state index is 0.767. The highest BCUT2D eigenvalue weighted by Crippen LogP contribution is 2.18. The number of nitrogens with zero attached hydrogens (tertiary/aromatic N) is 2. The van der Waals surface area contributed by atoms with Crippen LogP contribution in [0.4, 0.5) is 0 Å². The molecular weight excluding hydrogens is 268 g/mol. The van der Waals surface area contributed by atoms with Crippen molar-refractivity contribution < 1.29 is 0 Å². The van der Waals surface area contributed by atoms with Gasteiger partial charge in [0.2, 0.25) is 0 Å². The van der Waals surface area contributed by atoms with Gasteiger partial charge in [-0.15, -0.1) is 0 Å². The third-order valence-electron chi connectivity index (χ3n) is 3.16. The van der Waals surface area contributed by atoms with Gasteiger partial charge in [0.05, 0.1) is 0 Å². The van der Waals surface area contributed by atoms with Crippen LogP contribution in [0.1, 0.15) is 25.0 Å². The molecule has 0 bridgehead atoms. The Morgan fingerprint density at radius 2 is 1.95 bits per heavy atom. The van der Waals surface area contributed by atoms with Gasteiger partial charge in [0.25, 0.3) is 0 Å². The summed E-state index contributed by atoms with van der Waals surface area (Å²) < 4.78 is 0. The third kappa shape index (κ3) is 4.65. The SMILES string of the molecule is CSCCCCCNCc1n[nH]nc1-c1ccccc1. The van der Waals surface area contributed by atoms with Crippen molar-refractivity contribution in [3.8, 4) is 11.3 Å². The van der Waals surface area contributed by atoms with Crippen LogP contribution in [0.2, 0.25) is 0 Å². The first-order valence-electron chi connectivity index (χ1n) is 7.06. The lowest BCUT2D eigenvalue weighted by Crippen LogP contribution is -2.15. The van der Waals surface area contributed by atoms with Crippen molar-refractivity contribution in [3.63, 3.8) is 0 Å². The van der Waals surface area contributed by atoms with Crippen LogP contribution in [0.15, 0.2) is 30.3 Å². The fourth-order valence-electron chi connectivity index (χ4n) is 2.08. The van der Waals surface area contributed by atoms with Crippen LogP contribution in [0.5, 0.6) is 0 Å². The van der Waals surface area contributed by atoms with E-state index in [-0.39, 0.29) is 0 Å². The van der Waals surface area contributed by atoms with E-state index in [9.17, 15) is 0 Å². The zero-order valence-corrected chi connectivity index (χ0v) is 12.7. The van der Waals surface area contributed by atoms with Crippen LogP contribution in [0, 0.1) is 0 Å². The highest BCUT2D eigenvalue weighted by atomic mass is 32.2. The molecule has 0 fully saturated rings. The number of hydrogen-bond acceptors (Lipinski definition) is 4. The molecule has 5 heteroatoms. The van der Waals surface area contributed by atoms with Gasteiger partial charge >= 0.3 is 0 Å². The molecule has 0 radical (unpaired) electrons. The first-order valence-corrected chi connectivity index (χ1v) is 8.46. The highest BCUT2D eigenvalue weighted by Gasteiger charge is 2.08. The molecule has 2 N–H and O–H groups in total. The van der Waals surface area contributed by atoms with Crippen molar-refractivity contribution in [1.82, 2.24) is 20.7 Å². The molecule has 1 heterocycles. The Labute approximate surface area is 124 Å². The lowest BCUT2D eigenvalue weighted by atomic mass is 10.1. The lowest BCUT2D eigenvalue weighted by Gasteiger charge is -2.04. The van der Waals surface area contributed by atoms with E-state index in [0.717, 1.165) is 30.0 Å². The van der Waals surface area contributed by atoms with Crippen molar-refractivity contribution in [2.75, 3.05) is 18.6 Å². The Morgan fingerprint density at radius 3 is 2.75 bits per heavy atom. The summed E-state index contributed by atoms with van der Waals surface area (Å²) in [7, 11) is 0. The molecule has 0 saturated heterocycles. The van der Waals surface area contributed by atoms with E-state index in [1.165, 1.54) is 25.0 Å². The maximum atomic E-state index is 4.25. The van der Waals surface area contributed by atoms with Gasteiger partial charge in [-0.2, -0.15) is 27.2 Å². The third-order valence-corrected chi connectivity index (χ3v) is 3.86. The Bertz CT molecular complexity index is 484. The van der Waals surface area contributed by atoms with E-state index in [0.29, 0.717) is 0 Å². The smallest absolute Gasteiger partial charge is 0.117 e. The molecule has 4 nitrogen and oxygen atoms in total. The number of thioether (sulfide) groups is 1. The van der Waals surface area contributed by atoms with E-state index in [2.05, 4.69) is 39.1 Å². The number of nitrogens with one attached hydrogen (secondary N) is 2. The Hall–Kier alpha value is -1.33. The summed E-state index contributed by atoms with van der Waals surface area (Å²) >= 11 is 1.92. The summed E-state index contributed by atoms with van der Waals surface area (Å²) in [4.78, 5) is 0. The molecule has 0 saturated carbocycles. The summed E-state index contributed by atoms with van der Waals surface area (Å²) in [5.41, 5.74) is 3.04. The summed E-state index contributed by atoms with van der Waals surface area (Å²) in [6.07, 6.45) is 5.98. The zero-order valence-electron chi connectivity index (χ0n) is 11.9. The lowest BCUT2D eigenvalue weighted by molar-refractivity contribution is 0.612. The molecule has 0 amide bonds. The molecule has 1 aromatic carbocycles. The summed E-state index contributed by atoms with van der Waals surface area (Å²) in [6, 6.07) is 10.2. The molecule has 20 heavy (non-hydrogen) atoms. The Balaban J connectivity index is 1.76. The molecule has 2 rings (SSSR count). The monoisotopic (exact) mass is 290 g/mol. The van der Waals surface area contributed by atoms with Gasteiger partial charge in [0.1, 0.15) is 11.4 Å². The number of aromatic amines is 1. The van der Waals surface area contributed by atoms with Crippen LogP contribution in [0.25, 0.3) is 11.3 Å². The fraction of sp³-hybridized carbons (Fsp3) is 0.467. The highest BCUT2D eigenvalue weighted by molar-refractivity contribution is 7.98. The average molecular weight is 290 g/mol. The molecule has 0 aliphatic heterocycles. The second-order valence-corrected chi connectivity index (χ2v) is 5.70. The maximum Gasteiger partial charge on any atom is 0.117 e. The molecule has 108 valence electrons. The van der Waals surface area contributed by atoms with Gasteiger partial charge in [-0.05, 0) is 31.4 Å². The number of hydrogen-bond donors (Lipinski definition) is 2. The second-order valence-electron chi connectivity index (χ2n) is 4.72. The van der Waals surface area contributed by atoms with Gasteiger partial charge in [-0.1, -0.05) is 36.8 Å². The van der Waals surface area contributed by atoms with Gasteiger partial charge in [0.15, 0.2) is 0 Å². The second kappa shape index (κ2) is 8.76. The van der Waals surface area contributed by atoms with Crippen molar-refractivity contribution in [3.05, 3.63) is 36.0 Å². The van der Waals surface area contributed by atoms with Crippen molar-refractivity contribution in [2.24, 2.45) is 0 Å². The topological polar surface area (TPSA) is 53.6 Å². The van der Waals surface area contributed by atoms with Gasteiger partial charge in [-0.25, -0.2) is 0 Å².